The Hall–Kier alpha value is -6.20. The summed E-state index contributed by atoms with van der Waals surface area (Å²) in [5.74, 6) is 0. The number of anilines is 3. The zero-order valence-electron chi connectivity index (χ0n) is 37.6. The molecule has 0 atom stereocenters. The lowest BCUT2D eigenvalue weighted by Crippen LogP contribution is -2.40. The normalized spacial score (nSPS) is 18.2. The molecule has 0 unspecified atom stereocenters. The van der Waals surface area contributed by atoms with E-state index in [1.807, 2.05) is 0 Å². The first kappa shape index (κ1) is 37.4. The van der Waals surface area contributed by atoms with E-state index < -0.39 is 0 Å². The molecule has 4 heterocycles. The van der Waals surface area contributed by atoms with E-state index in [0.717, 1.165) is 103 Å². The lowest BCUT2D eigenvalue weighted by atomic mass is 9.60. The second kappa shape index (κ2) is 12.3. The van der Waals surface area contributed by atoms with Crippen molar-refractivity contribution in [3.05, 3.63) is 138 Å². The Bertz CT molecular complexity index is 3630. The van der Waals surface area contributed by atoms with Gasteiger partial charge in [0.05, 0.1) is 16.9 Å². The largest absolute Gasteiger partial charge is 0.469 e. The van der Waals surface area contributed by atoms with Crippen LogP contribution in [0.4, 0.5) is 17.1 Å². The molecule has 10 aromatic rings. The van der Waals surface area contributed by atoms with E-state index in [1.54, 1.807) is 0 Å². The van der Waals surface area contributed by atoms with Crippen molar-refractivity contribution in [2.24, 2.45) is 0 Å². The average Bonchev–Trinajstić information content (AvgIpc) is 3.94. The third-order valence-electron chi connectivity index (χ3n) is 16.0. The topological polar surface area (TPSA) is 45.3 Å². The fourth-order valence-electron chi connectivity index (χ4n) is 12.0. The van der Waals surface area contributed by atoms with Gasteiger partial charge in [0, 0.05) is 54.9 Å². The van der Waals surface area contributed by atoms with Crippen LogP contribution in [0.25, 0.3) is 76.6 Å². The molecule has 0 amide bonds. The lowest BCUT2D eigenvalue weighted by Gasteiger charge is -2.43. The molecule has 1 aliphatic heterocycles. The van der Waals surface area contributed by atoms with Gasteiger partial charge in [0.15, 0.2) is 0 Å². The molecular weight excluding hydrogens is 767 g/mol. The van der Waals surface area contributed by atoms with E-state index in [-0.39, 0.29) is 21.7 Å². The first-order chi connectivity index (χ1) is 30.2. The summed E-state index contributed by atoms with van der Waals surface area (Å²) in [6.45, 7) is 19.3. The molecule has 5 heteroatoms. The lowest BCUT2D eigenvalue weighted by molar-refractivity contribution is 0.332. The van der Waals surface area contributed by atoms with Gasteiger partial charge in [-0.05, 0) is 134 Å². The third-order valence-corrected chi connectivity index (χ3v) is 16.0. The number of nitrogens with one attached hydrogen (secondary N) is 1. The maximum atomic E-state index is 7.22. The van der Waals surface area contributed by atoms with Gasteiger partial charge in [-0.25, -0.2) is 0 Å². The minimum atomic E-state index is 0.0352. The van der Waals surface area contributed by atoms with Gasteiger partial charge >= 0.3 is 0 Å². The molecule has 1 radical (unpaired) electrons. The van der Waals surface area contributed by atoms with Crippen LogP contribution >= 0.6 is 0 Å². The van der Waals surface area contributed by atoms with Crippen LogP contribution in [0.2, 0.25) is 0 Å². The Morgan fingerprint density at radius 1 is 0.524 bits per heavy atom. The third kappa shape index (κ3) is 5.17. The van der Waals surface area contributed by atoms with Crippen molar-refractivity contribution in [1.82, 2.24) is 4.98 Å². The smallest absolute Gasteiger partial charge is 0.247 e. The van der Waals surface area contributed by atoms with E-state index in [0.29, 0.717) is 0 Å². The molecular formula is C58H52BN2O2. The van der Waals surface area contributed by atoms with Crippen LogP contribution < -0.4 is 16.0 Å². The molecule has 3 aliphatic rings. The maximum absolute atomic E-state index is 7.22. The maximum Gasteiger partial charge on any atom is 0.247 e. The van der Waals surface area contributed by atoms with Gasteiger partial charge in [0.1, 0.15) is 16.7 Å². The Balaban J connectivity index is 1.16. The van der Waals surface area contributed by atoms with Crippen LogP contribution in [0.15, 0.2) is 124 Å². The fraction of sp³-hybridized carbons (Fsp3) is 0.276. The summed E-state index contributed by atoms with van der Waals surface area (Å²) >= 11 is 0. The first-order valence-electron chi connectivity index (χ1n) is 23.0. The molecule has 13 rings (SSSR count). The van der Waals surface area contributed by atoms with Crippen molar-refractivity contribution < 1.29 is 8.83 Å². The SMILES string of the molecule is CC1(C)CCC(C)(C)c2cc(N3c4cc5c(oc6ccccc65)c(-c5cccc6c5[nH]c5cc7ccccc7cc56)c4[B]c4oc5cc6c(cc5c43)C(C)(C)CCC6(C)C)ccc21. The summed E-state index contributed by atoms with van der Waals surface area (Å²) in [7, 11) is 2.32. The van der Waals surface area contributed by atoms with Gasteiger partial charge in [-0.1, -0.05) is 122 Å². The number of aromatic amines is 1. The standard InChI is InChI=1S/C58H52BN2O2/c1-55(2)22-23-56(3,4)42-28-34(20-21-41(42)55)61-46-30-39-35-16-11-12-19-47(35)62-53(39)49(37-18-13-17-36-38-26-32-14-9-10-15-33(32)27-45(38)60-51(36)37)50(46)59-54-52(61)40-29-43-44(31-48(40)63-54)58(7,8)25-24-57(43,5)6/h9-21,26-31,60H,22-25H2,1-8H3. The van der Waals surface area contributed by atoms with Crippen LogP contribution in [-0.2, 0) is 21.7 Å². The highest BCUT2D eigenvalue weighted by Gasteiger charge is 2.42. The number of hydrogen-bond acceptors (Lipinski definition) is 3. The van der Waals surface area contributed by atoms with Gasteiger partial charge in [0.2, 0.25) is 7.28 Å². The fourth-order valence-corrected chi connectivity index (χ4v) is 12.0. The molecule has 0 bridgehead atoms. The number of para-hydroxylation sites is 2. The minimum Gasteiger partial charge on any atom is -0.469 e. The van der Waals surface area contributed by atoms with Crippen LogP contribution in [0.5, 0.6) is 0 Å². The average molecular weight is 820 g/mol. The minimum absolute atomic E-state index is 0.0352. The van der Waals surface area contributed by atoms with E-state index >= 15 is 0 Å². The first-order valence-corrected chi connectivity index (χ1v) is 23.0. The Morgan fingerprint density at radius 2 is 1.17 bits per heavy atom. The van der Waals surface area contributed by atoms with Crippen LogP contribution in [-0.4, -0.2) is 12.3 Å². The number of nitrogens with zero attached hydrogens (tertiary/aromatic N) is 1. The van der Waals surface area contributed by atoms with Crippen molar-refractivity contribution in [1.29, 1.82) is 0 Å². The van der Waals surface area contributed by atoms with Crippen molar-refractivity contribution in [3.8, 4) is 11.1 Å². The molecule has 0 fully saturated rings. The second-order valence-corrected chi connectivity index (χ2v) is 21.7. The second-order valence-electron chi connectivity index (χ2n) is 21.7. The van der Waals surface area contributed by atoms with Crippen molar-refractivity contribution in [3.63, 3.8) is 0 Å². The summed E-state index contributed by atoms with van der Waals surface area (Å²) in [4.78, 5) is 6.48. The Labute approximate surface area is 369 Å². The quantitative estimate of drug-likeness (QED) is 0.177. The van der Waals surface area contributed by atoms with Gasteiger partial charge in [0.25, 0.3) is 0 Å². The van der Waals surface area contributed by atoms with Crippen molar-refractivity contribution in [2.75, 3.05) is 4.90 Å². The molecule has 7 aromatic carbocycles. The number of hydrogen-bond donors (Lipinski definition) is 1. The van der Waals surface area contributed by atoms with Gasteiger partial charge < -0.3 is 18.7 Å². The molecule has 1 N–H and O–H groups in total. The predicted octanol–water partition coefficient (Wildman–Crippen LogP) is 14.9. The van der Waals surface area contributed by atoms with Gasteiger partial charge in [-0.3, -0.25) is 0 Å². The zero-order chi connectivity index (χ0) is 42.9. The molecule has 4 nitrogen and oxygen atoms in total. The monoisotopic (exact) mass is 819 g/mol. The molecule has 0 saturated heterocycles. The number of rotatable bonds is 2. The molecule has 3 aromatic heterocycles. The van der Waals surface area contributed by atoms with Crippen LogP contribution in [0.3, 0.4) is 0 Å². The summed E-state index contributed by atoms with van der Waals surface area (Å²) in [5, 5.41) is 8.25. The molecule has 2 aliphatic carbocycles. The number of furan rings is 2. The molecule has 0 spiro atoms. The van der Waals surface area contributed by atoms with Crippen molar-refractivity contribution >= 4 is 101 Å². The van der Waals surface area contributed by atoms with E-state index in [1.165, 1.54) is 50.2 Å². The molecule has 63 heavy (non-hydrogen) atoms. The van der Waals surface area contributed by atoms with E-state index in [9.17, 15) is 0 Å². The van der Waals surface area contributed by atoms with E-state index in [2.05, 4.69) is 188 Å². The van der Waals surface area contributed by atoms with Crippen molar-refractivity contribution in [2.45, 2.75) is 103 Å². The predicted molar refractivity (Wildman–Crippen MR) is 266 cm³/mol. The highest BCUT2D eigenvalue weighted by Crippen LogP contribution is 2.53. The zero-order valence-corrected chi connectivity index (χ0v) is 37.6. The summed E-state index contributed by atoms with van der Waals surface area (Å²) in [5.41, 5.74) is 18.4. The highest BCUT2D eigenvalue weighted by atomic mass is 16.3. The number of fused-ring (bicyclic) bond motifs is 13. The Morgan fingerprint density at radius 3 is 1.94 bits per heavy atom. The van der Waals surface area contributed by atoms with Gasteiger partial charge in [-0.15, -0.1) is 0 Å². The summed E-state index contributed by atoms with van der Waals surface area (Å²) in [6, 6.07) is 43.1. The highest BCUT2D eigenvalue weighted by molar-refractivity contribution is 6.73. The number of H-pyrrole nitrogens is 1. The summed E-state index contributed by atoms with van der Waals surface area (Å²) < 4.78 is 14.3. The van der Waals surface area contributed by atoms with Crippen LogP contribution in [0.1, 0.15) is 103 Å². The number of aromatic nitrogens is 1. The summed E-state index contributed by atoms with van der Waals surface area (Å²) in [6.07, 6.45) is 4.62. The van der Waals surface area contributed by atoms with Gasteiger partial charge in [-0.2, -0.15) is 0 Å². The van der Waals surface area contributed by atoms with E-state index in [4.69, 9.17) is 8.83 Å². The Kier molecular flexibility index (Phi) is 7.29. The molecule has 309 valence electrons. The number of benzene rings is 7. The van der Waals surface area contributed by atoms with Crippen LogP contribution in [0, 0.1) is 0 Å². The molecule has 0 saturated carbocycles.